The third-order valence-corrected chi connectivity index (χ3v) is 7.56. The van der Waals surface area contributed by atoms with Crippen LogP contribution in [-0.4, -0.2) is 5.97 Å². The molecule has 5 nitrogen and oxygen atoms in total. The summed E-state index contributed by atoms with van der Waals surface area (Å²) >= 11 is 0. The zero-order valence-corrected chi connectivity index (χ0v) is 22.8. The van der Waals surface area contributed by atoms with Gasteiger partial charge in [-0.15, -0.1) is 0 Å². The predicted molar refractivity (Wildman–Crippen MR) is 139 cm³/mol. The molecule has 0 radical (unpaired) electrons. The first-order chi connectivity index (χ1) is 18.0. The minimum atomic E-state index is -0.998. The van der Waals surface area contributed by atoms with Crippen LogP contribution in [0.25, 0.3) is 33.4 Å². The Kier molecular flexibility index (Phi) is 6.06. The van der Waals surface area contributed by atoms with Crippen molar-refractivity contribution in [3.8, 4) is 22.5 Å². The van der Waals surface area contributed by atoms with Crippen molar-refractivity contribution in [2.24, 2.45) is 0 Å². The molecule has 0 saturated heterocycles. The van der Waals surface area contributed by atoms with Gasteiger partial charge in [0.1, 0.15) is 17.1 Å². The number of carboxylic acid groups (broad SMARTS) is 1. The van der Waals surface area contributed by atoms with Crippen LogP contribution >= 0.6 is 0 Å². The number of carboxylic acids is 1. The molecular formula is C31H22FN2NaO3. The molecule has 0 atom stereocenters. The summed E-state index contributed by atoms with van der Waals surface area (Å²) in [5, 5.41) is 14.4. The molecule has 2 heterocycles. The Hall–Kier alpha value is -3.58. The van der Waals surface area contributed by atoms with Gasteiger partial charge in [0.15, 0.2) is 5.76 Å². The molecule has 0 bridgehead atoms. The Bertz CT molecular complexity index is 1650. The Morgan fingerprint density at radius 3 is 2.21 bits per heavy atom. The zero-order valence-electron chi connectivity index (χ0n) is 20.8. The Morgan fingerprint density at radius 1 is 0.895 bits per heavy atom. The molecule has 0 amide bonds. The number of furan rings is 1. The number of nitrogens with one attached hydrogen (secondary N) is 1. The van der Waals surface area contributed by atoms with E-state index in [2.05, 4.69) is 11.5 Å². The van der Waals surface area contributed by atoms with Crippen LogP contribution in [0, 0.1) is 5.82 Å². The smallest absolute Gasteiger partial charge is 0.549 e. The minimum absolute atomic E-state index is 0. The van der Waals surface area contributed by atoms with Gasteiger partial charge in [-0.3, -0.25) is 10.4 Å². The van der Waals surface area contributed by atoms with Crippen LogP contribution < -0.4 is 45.1 Å². The monoisotopic (exact) mass is 512 g/mol. The molecule has 1 saturated carbocycles. The van der Waals surface area contributed by atoms with E-state index < -0.39 is 11.4 Å². The molecule has 7 heteroatoms. The second kappa shape index (κ2) is 9.31. The normalized spacial score (nSPS) is 15.0. The van der Waals surface area contributed by atoms with Crippen LogP contribution in [0.1, 0.15) is 24.0 Å². The standard InChI is InChI=1S/C31H23FN2O3.Na/c32-24-13-14-25-27(17-24)37-29(28(25)34-18-22-3-1-2-4-26(22)33-34)21-7-5-19(6-8-21)20-9-11-23(12-10-20)31(15-16-31)30(35)36;/h1-14,17,33H,15-16,18H2,(H,35,36);/q;+1/p-1. The number of carbonyl (C=O) groups excluding carboxylic acids is 1. The van der Waals surface area contributed by atoms with Gasteiger partial charge in [0.05, 0.1) is 18.2 Å². The van der Waals surface area contributed by atoms with Gasteiger partial charge >= 0.3 is 29.6 Å². The van der Waals surface area contributed by atoms with Crippen molar-refractivity contribution < 1.29 is 48.3 Å². The maximum absolute atomic E-state index is 14.0. The summed E-state index contributed by atoms with van der Waals surface area (Å²) in [4.78, 5) is 11.5. The van der Waals surface area contributed by atoms with E-state index in [1.54, 1.807) is 6.07 Å². The van der Waals surface area contributed by atoms with Gasteiger partial charge in [0, 0.05) is 22.4 Å². The molecule has 1 N–H and O–H groups in total. The molecular weight excluding hydrogens is 490 g/mol. The van der Waals surface area contributed by atoms with Crippen molar-refractivity contribution in [2.75, 3.05) is 10.4 Å². The largest absolute Gasteiger partial charge is 1.00 e. The maximum Gasteiger partial charge on any atom is 1.00 e. The Labute approximate surface area is 241 Å². The molecule has 0 spiro atoms. The van der Waals surface area contributed by atoms with Gasteiger partial charge in [-0.25, -0.2) is 4.39 Å². The fourth-order valence-electron chi connectivity index (χ4n) is 5.31. The van der Waals surface area contributed by atoms with Gasteiger partial charge in [-0.2, -0.15) is 0 Å². The second-order valence-corrected chi connectivity index (χ2v) is 9.80. The Morgan fingerprint density at radius 2 is 1.55 bits per heavy atom. The van der Waals surface area contributed by atoms with Crippen LogP contribution in [0.4, 0.5) is 15.8 Å². The molecule has 1 aliphatic heterocycles. The number of carbonyl (C=O) groups is 1. The average Bonchev–Trinajstić information content (AvgIpc) is 3.50. The average molecular weight is 513 g/mol. The molecule has 4 aromatic carbocycles. The van der Waals surface area contributed by atoms with Crippen molar-refractivity contribution >= 4 is 28.3 Å². The quantitative estimate of drug-likeness (QED) is 0.367. The van der Waals surface area contributed by atoms with Gasteiger partial charge in [-0.1, -0.05) is 66.7 Å². The van der Waals surface area contributed by atoms with E-state index in [0.717, 1.165) is 39.0 Å². The summed E-state index contributed by atoms with van der Waals surface area (Å²) in [5.41, 5.74) is 9.87. The predicted octanol–water partition coefficient (Wildman–Crippen LogP) is 3.04. The van der Waals surface area contributed by atoms with Crippen molar-refractivity contribution in [1.29, 1.82) is 0 Å². The molecule has 1 aromatic heterocycles. The molecule has 1 aliphatic carbocycles. The summed E-state index contributed by atoms with van der Waals surface area (Å²) in [6.45, 7) is 0.660. The number of benzene rings is 4. The summed E-state index contributed by atoms with van der Waals surface area (Å²) in [6.07, 6.45) is 1.26. The van der Waals surface area contributed by atoms with E-state index in [1.807, 2.05) is 71.7 Å². The topological polar surface area (TPSA) is 68.5 Å². The van der Waals surface area contributed by atoms with Crippen molar-refractivity contribution in [3.63, 3.8) is 0 Å². The van der Waals surface area contributed by atoms with E-state index in [0.29, 0.717) is 30.7 Å². The number of fused-ring (bicyclic) bond motifs is 2. The van der Waals surface area contributed by atoms with Crippen LogP contribution in [0.5, 0.6) is 0 Å². The number of aliphatic carboxylic acids is 1. The number of rotatable bonds is 5. The van der Waals surface area contributed by atoms with E-state index in [-0.39, 0.29) is 35.4 Å². The molecule has 38 heavy (non-hydrogen) atoms. The maximum atomic E-state index is 14.0. The molecule has 0 unspecified atom stereocenters. The number of hydrogen-bond donors (Lipinski definition) is 1. The number of hydrogen-bond acceptors (Lipinski definition) is 5. The van der Waals surface area contributed by atoms with Gasteiger partial charge < -0.3 is 14.3 Å². The first-order valence-electron chi connectivity index (χ1n) is 12.3. The van der Waals surface area contributed by atoms with Crippen LogP contribution in [0.15, 0.2) is 95.4 Å². The van der Waals surface area contributed by atoms with Crippen LogP contribution in [0.3, 0.4) is 0 Å². The van der Waals surface area contributed by atoms with E-state index in [9.17, 15) is 14.3 Å². The van der Waals surface area contributed by atoms with Gasteiger partial charge in [0.2, 0.25) is 0 Å². The molecule has 5 aromatic rings. The summed E-state index contributed by atoms with van der Waals surface area (Å²) < 4.78 is 20.3. The fraction of sp³-hybridized carbons (Fsp3) is 0.129. The molecule has 2 aliphatic rings. The molecule has 7 rings (SSSR count). The summed E-state index contributed by atoms with van der Waals surface area (Å²) in [7, 11) is 0. The third-order valence-electron chi connectivity index (χ3n) is 7.56. The molecule has 182 valence electrons. The van der Waals surface area contributed by atoms with E-state index in [4.69, 9.17) is 4.42 Å². The van der Waals surface area contributed by atoms with E-state index >= 15 is 0 Å². The number of anilines is 2. The van der Waals surface area contributed by atoms with E-state index in [1.165, 1.54) is 17.7 Å². The first kappa shape index (κ1) is 24.7. The number of nitrogens with zero attached hydrogens (tertiary/aromatic N) is 1. The SMILES string of the molecule is O=C([O-])C1(c2ccc(-c3ccc(-c4oc5cc(F)ccc5c4N4Cc5ccccc5N4)cc3)cc2)CC1.[Na+]. The number of hydrazine groups is 1. The minimum Gasteiger partial charge on any atom is -0.549 e. The van der Waals surface area contributed by atoms with Crippen molar-refractivity contribution in [2.45, 2.75) is 24.8 Å². The van der Waals surface area contributed by atoms with Gasteiger partial charge in [-0.05, 0) is 53.3 Å². The van der Waals surface area contributed by atoms with Crippen molar-refractivity contribution in [1.82, 2.24) is 0 Å². The third kappa shape index (κ3) is 4.00. The number of halogens is 1. The summed E-state index contributed by atoms with van der Waals surface area (Å²) in [6, 6.07) is 28.4. The number of para-hydroxylation sites is 1. The van der Waals surface area contributed by atoms with Crippen molar-refractivity contribution in [3.05, 3.63) is 108 Å². The zero-order chi connectivity index (χ0) is 25.1. The van der Waals surface area contributed by atoms with Crippen LogP contribution in [-0.2, 0) is 16.8 Å². The second-order valence-electron chi connectivity index (χ2n) is 9.80. The Balaban J connectivity index is 0.00000264. The fourth-order valence-corrected chi connectivity index (χ4v) is 5.31. The molecule has 1 fully saturated rings. The van der Waals surface area contributed by atoms with Crippen LogP contribution in [0.2, 0.25) is 0 Å². The van der Waals surface area contributed by atoms with Gasteiger partial charge in [0.25, 0.3) is 0 Å². The summed E-state index contributed by atoms with van der Waals surface area (Å²) in [5.74, 6) is -0.684. The first-order valence-corrected chi connectivity index (χ1v) is 12.3.